The van der Waals surface area contributed by atoms with Gasteiger partial charge in [-0.1, -0.05) is 12.1 Å². The van der Waals surface area contributed by atoms with Gasteiger partial charge in [0.25, 0.3) is 11.8 Å². The number of rotatable bonds is 5. The summed E-state index contributed by atoms with van der Waals surface area (Å²) in [5.74, 6) is -3.62. The largest absolute Gasteiger partial charge is 0.452 e. The van der Waals surface area contributed by atoms with Crippen LogP contribution in [0.4, 0.5) is 14.5 Å². The Hall–Kier alpha value is -3.29. The van der Waals surface area contributed by atoms with Crippen molar-refractivity contribution in [2.24, 2.45) is 5.92 Å². The second kappa shape index (κ2) is 9.68. The summed E-state index contributed by atoms with van der Waals surface area (Å²) in [5, 5.41) is 2.71. The summed E-state index contributed by atoms with van der Waals surface area (Å²) < 4.78 is 32.2. The average molecular weight is 430 g/mol. The highest BCUT2D eigenvalue weighted by Crippen LogP contribution is 2.22. The highest BCUT2D eigenvalue weighted by Gasteiger charge is 2.31. The van der Waals surface area contributed by atoms with E-state index in [0.29, 0.717) is 24.6 Å². The van der Waals surface area contributed by atoms with Crippen molar-refractivity contribution in [3.8, 4) is 0 Å². The Labute approximate surface area is 179 Å². The fourth-order valence-corrected chi connectivity index (χ4v) is 3.44. The zero-order valence-electron chi connectivity index (χ0n) is 17.4. The van der Waals surface area contributed by atoms with Gasteiger partial charge in [0, 0.05) is 24.8 Å². The average Bonchev–Trinajstić information content (AvgIpc) is 2.73. The van der Waals surface area contributed by atoms with Gasteiger partial charge in [-0.25, -0.2) is 8.78 Å². The van der Waals surface area contributed by atoms with E-state index in [2.05, 4.69) is 5.32 Å². The Kier molecular flexibility index (Phi) is 6.99. The standard InChI is InChI=1S/C23H24F2N2O4/c1-14-4-3-5-18(12-14)26-21(28)15(2)31-23(30)16-8-10-27(11-9-16)22(29)19-7-6-17(24)13-20(19)25/h3-7,12-13,15-16H,8-11H2,1-2H3,(H,26,28). The van der Waals surface area contributed by atoms with Gasteiger partial charge >= 0.3 is 5.97 Å². The minimum atomic E-state index is -0.971. The van der Waals surface area contributed by atoms with Crippen LogP contribution in [-0.4, -0.2) is 41.9 Å². The zero-order valence-corrected chi connectivity index (χ0v) is 17.4. The Morgan fingerprint density at radius 3 is 2.45 bits per heavy atom. The molecule has 164 valence electrons. The van der Waals surface area contributed by atoms with Gasteiger partial charge in [0.05, 0.1) is 11.5 Å². The van der Waals surface area contributed by atoms with Crippen LogP contribution in [-0.2, 0) is 14.3 Å². The molecule has 1 aliphatic heterocycles. The third-order valence-corrected chi connectivity index (χ3v) is 5.22. The van der Waals surface area contributed by atoms with E-state index in [9.17, 15) is 23.2 Å². The molecule has 2 aromatic carbocycles. The van der Waals surface area contributed by atoms with Crippen LogP contribution in [0.5, 0.6) is 0 Å². The van der Waals surface area contributed by atoms with Gasteiger partial charge in [-0.05, 0) is 56.5 Å². The van der Waals surface area contributed by atoms with Gasteiger partial charge in [-0.3, -0.25) is 14.4 Å². The summed E-state index contributed by atoms with van der Waals surface area (Å²) in [6.07, 6.45) is -0.305. The second-order valence-corrected chi connectivity index (χ2v) is 7.63. The zero-order chi connectivity index (χ0) is 22.5. The minimum Gasteiger partial charge on any atom is -0.452 e. The number of nitrogens with zero attached hydrogens (tertiary/aromatic N) is 1. The summed E-state index contributed by atoms with van der Waals surface area (Å²) in [5.41, 5.74) is 1.40. The number of ether oxygens (including phenoxy) is 1. The maximum atomic E-state index is 13.9. The summed E-state index contributed by atoms with van der Waals surface area (Å²) in [7, 11) is 0. The maximum Gasteiger partial charge on any atom is 0.309 e. The van der Waals surface area contributed by atoms with E-state index in [4.69, 9.17) is 4.74 Å². The van der Waals surface area contributed by atoms with E-state index in [1.54, 1.807) is 6.07 Å². The number of benzene rings is 2. The molecule has 1 heterocycles. The number of piperidine rings is 1. The Morgan fingerprint density at radius 1 is 1.10 bits per heavy atom. The number of hydrogen-bond donors (Lipinski definition) is 1. The Balaban J connectivity index is 1.50. The van der Waals surface area contributed by atoms with E-state index in [1.807, 2.05) is 25.1 Å². The fraction of sp³-hybridized carbons (Fsp3) is 0.348. The van der Waals surface area contributed by atoms with Crippen molar-refractivity contribution >= 4 is 23.5 Å². The number of carbonyl (C=O) groups is 3. The molecular formula is C23H24F2N2O4. The molecule has 8 heteroatoms. The van der Waals surface area contributed by atoms with E-state index < -0.39 is 41.4 Å². The molecular weight excluding hydrogens is 406 g/mol. The monoisotopic (exact) mass is 430 g/mol. The van der Waals surface area contributed by atoms with Crippen molar-refractivity contribution in [2.45, 2.75) is 32.8 Å². The first kappa shape index (κ1) is 22.4. The van der Waals surface area contributed by atoms with Crippen LogP contribution in [0, 0.1) is 24.5 Å². The third-order valence-electron chi connectivity index (χ3n) is 5.22. The Bertz CT molecular complexity index is 987. The predicted molar refractivity (Wildman–Crippen MR) is 110 cm³/mol. The van der Waals surface area contributed by atoms with Crippen LogP contribution in [0.2, 0.25) is 0 Å². The number of hydrogen-bond acceptors (Lipinski definition) is 4. The lowest BCUT2D eigenvalue weighted by atomic mass is 9.96. The molecule has 2 amide bonds. The molecule has 0 aliphatic carbocycles. The van der Waals surface area contributed by atoms with Crippen molar-refractivity contribution in [3.05, 3.63) is 65.2 Å². The number of carbonyl (C=O) groups excluding carboxylic acids is 3. The van der Waals surface area contributed by atoms with Crippen molar-refractivity contribution in [1.29, 1.82) is 0 Å². The van der Waals surface area contributed by atoms with Crippen LogP contribution < -0.4 is 5.32 Å². The molecule has 2 aromatic rings. The van der Waals surface area contributed by atoms with Gasteiger partial charge in [0.2, 0.25) is 0 Å². The summed E-state index contributed by atoms with van der Waals surface area (Å²) in [6, 6.07) is 10.1. The van der Waals surface area contributed by atoms with Crippen molar-refractivity contribution in [1.82, 2.24) is 4.90 Å². The quantitative estimate of drug-likeness (QED) is 0.734. The van der Waals surface area contributed by atoms with Crippen molar-refractivity contribution < 1.29 is 27.9 Å². The van der Waals surface area contributed by atoms with E-state index in [1.165, 1.54) is 11.8 Å². The number of amides is 2. The summed E-state index contributed by atoms with van der Waals surface area (Å²) in [4.78, 5) is 38.6. The van der Waals surface area contributed by atoms with Gasteiger partial charge in [-0.2, -0.15) is 0 Å². The molecule has 1 unspecified atom stereocenters. The summed E-state index contributed by atoms with van der Waals surface area (Å²) in [6.45, 7) is 3.87. The molecule has 1 atom stereocenters. The highest BCUT2D eigenvalue weighted by molar-refractivity contribution is 5.96. The van der Waals surface area contributed by atoms with Gasteiger partial charge < -0.3 is 15.0 Å². The molecule has 0 bridgehead atoms. The maximum absolute atomic E-state index is 13.9. The van der Waals surface area contributed by atoms with Crippen LogP contribution in [0.3, 0.4) is 0 Å². The fourth-order valence-electron chi connectivity index (χ4n) is 3.44. The molecule has 6 nitrogen and oxygen atoms in total. The van der Waals surface area contributed by atoms with Crippen molar-refractivity contribution in [3.63, 3.8) is 0 Å². The lowest BCUT2D eigenvalue weighted by molar-refractivity contribution is -0.158. The normalized spacial score (nSPS) is 15.3. The van der Waals surface area contributed by atoms with Crippen LogP contribution in [0.25, 0.3) is 0 Å². The molecule has 1 fully saturated rings. The molecule has 3 rings (SSSR count). The number of nitrogens with one attached hydrogen (secondary N) is 1. The number of anilines is 1. The summed E-state index contributed by atoms with van der Waals surface area (Å²) >= 11 is 0. The van der Waals surface area contributed by atoms with E-state index in [-0.39, 0.29) is 18.7 Å². The predicted octanol–water partition coefficient (Wildman–Crippen LogP) is 3.70. The Morgan fingerprint density at radius 2 is 1.81 bits per heavy atom. The van der Waals surface area contributed by atoms with Crippen molar-refractivity contribution in [2.75, 3.05) is 18.4 Å². The lowest BCUT2D eigenvalue weighted by Gasteiger charge is -2.31. The minimum absolute atomic E-state index is 0.205. The lowest BCUT2D eigenvalue weighted by Crippen LogP contribution is -2.42. The van der Waals surface area contributed by atoms with Gasteiger partial charge in [0.15, 0.2) is 6.10 Å². The number of esters is 1. The molecule has 0 spiro atoms. The van der Waals surface area contributed by atoms with Crippen LogP contribution >= 0.6 is 0 Å². The van der Waals surface area contributed by atoms with Gasteiger partial charge in [-0.15, -0.1) is 0 Å². The highest BCUT2D eigenvalue weighted by atomic mass is 19.1. The first-order chi connectivity index (χ1) is 14.7. The third kappa shape index (κ3) is 5.65. The van der Waals surface area contributed by atoms with Crippen LogP contribution in [0.15, 0.2) is 42.5 Å². The first-order valence-corrected chi connectivity index (χ1v) is 10.1. The topological polar surface area (TPSA) is 75.7 Å². The molecule has 1 saturated heterocycles. The number of likely N-dealkylation sites (tertiary alicyclic amines) is 1. The van der Waals surface area contributed by atoms with E-state index >= 15 is 0 Å². The smallest absolute Gasteiger partial charge is 0.309 e. The number of aryl methyl sites for hydroxylation is 1. The molecule has 0 radical (unpaired) electrons. The van der Waals surface area contributed by atoms with Crippen LogP contribution in [0.1, 0.15) is 35.7 Å². The van der Waals surface area contributed by atoms with E-state index in [0.717, 1.165) is 17.7 Å². The first-order valence-electron chi connectivity index (χ1n) is 10.1. The molecule has 31 heavy (non-hydrogen) atoms. The molecule has 0 saturated carbocycles. The molecule has 0 aromatic heterocycles. The van der Waals surface area contributed by atoms with Gasteiger partial charge in [0.1, 0.15) is 11.6 Å². The number of halogens is 2. The SMILES string of the molecule is Cc1cccc(NC(=O)C(C)OC(=O)C2CCN(C(=O)c3ccc(F)cc3F)CC2)c1. The molecule has 1 N–H and O–H groups in total. The second-order valence-electron chi connectivity index (χ2n) is 7.63. The molecule has 1 aliphatic rings.